The number of nitrogens with zero attached hydrogens (tertiary/aromatic N) is 1. The number of amides is 1. The van der Waals surface area contributed by atoms with Crippen LogP contribution in [0, 0.1) is 0 Å². The fourth-order valence-corrected chi connectivity index (χ4v) is 3.04. The van der Waals surface area contributed by atoms with Crippen molar-refractivity contribution in [2.24, 2.45) is 0 Å². The zero-order chi connectivity index (χ0) is 17.8. The Hall–Kier alpha value is -2.53. The first-order chi connectivity index (χ1) is 12.0. The zero-order valence-electron chi connectivity index (χ0n) is 13.5. The molecule has 2 aromatic carbocycles. The van der Waals surface area contributed by atoms with Crippen molar-refractivity contribution in [3.8, 4) is 5.75 Å². The molecular weight excluding hydrogens is 342 g/mol. The molecule has 1 heterocycles. The van der Waals surface area contributed by atoms with Gasteiger partial charge in [-0.3, -0.25) is 4.79 Å². The molecular formula is C19H18ClNO4. The molecule has 0 aliphatic carbocycles. The minimum absolute atomic E-state index is 0.00861. The molecule has 25 heavy (non-hydrogen) atoms. The second-order valence-electron chi connectivity index (χ2n) is 5.93. The topological polar surface area (TPSA) is 66.8 Å². The second kappa shape index (κ2) is 7.57. The Labute approximate surface area is 150 Å². The molecule has 0 radical (unpaired) electrons. The van der Waals surface area contributed by atoms with Crippen molar-refractivity contribution in [3.63, 3.8) is 0 Å². The summed E-state index contributed by atoms with van der Waals surface area (Å²) in [6, 6.07) is 13.4. The summed E-state index contributed by atoms with van der Waals surface area (Å²) in [5.41, 5.74) is 0.508. The number of piperidine rings is 1. The molecule has 3 rings (SSSR count). The lowest BCUT2D eigenvalue weighted by Crippen LogP contribution is -2.41. The number of hydrogen-bond donors (Lipinski definition) is 1. The van der Waals surface area contributed by atoms with E-state index < -0.39 is 5.97 Å². The lowest BCUT2D eigenvalue weighted by Gasteiger charge is -2.32. The van der Waals surface area contributed by atoms with Gasteiger partial charge in [-0.1, -0.05) is 29.8 Å². The van der Waals surface area contributed by atoms with E-state index in [0.29, 0.717) is 42.3 Å². The van der Waals surface area contributed by atoms with E-state index in [2.05, 4.69) is 0 Å². The van der Waals surface area contributed by atoms with Crippen molar-refractivity contribution >= 4 is 23.5 Å². The average Bonchev–Trinajstić information content (AvgIpc) is 2.64. The predicted octanol–water partition coefficient (Wildman–Crippen LogP) is 3.72. The van der Waals surface area contributed by atoms with Crippen molar-refractivity contribution in [3.05, 3.63) is 64.7 Å². The SMILES string of the molecule is O=C(O)c1cccc(C(=O)N2CCC(Oc3ccccc3Cl)CC2)c1. The van der Waals surface area contributed by atoms with Crippen LogP contribution in [0.25, 0.3) is 0 Å². The molecule has 2 aromatic rings. The van der Waals surface area contributed by atoms with Crippen LogP contribution in [0.15, 0.2) is 48.5 Å². The number of hydrogen-bond acceptors (Lipinski definition) is 3. The lowest BCUT2D eigenvalue weighted by atomic mass is 10.0. The Kier molecular flexibility index (Phi) is 5.24. The molecule has 1 amide bonds. The van der Waals surface area contributed by atoms with E-state index in [1.807, 2.05) is 18.2 Å². The van der Waals surface area contributed by atoms with E-state index in [1.165, 1.54) is 12.1 Å². The first kappa shape index (κ1) is 17.3. The van der Waals surface area contributed by atoms with Gasteiger partial charge in [0.25, 0.3) is 5.91 Å². The molecule has 6 heteroatoms. The van der Waals surface area contributed by atoms with E-state index in [0.717, 1.165) is 0 Å². The van der Waals surface area contributed by atoms with Crippen molar-refractivity contribution < 1.29 is 19.4 Å². The number of para-hydroxylation sites is 1. The maximum Gasteiger partial charge on any atom is 0.335 e. The van der Waals surface area contributed by atoms with Gasteiger partial charge in [-0.2, -0.15) is 0 Å². The van der Waals surface area contributed by atoms with Crippen LogP contribution >= 0.6 is 11.6 Å². The summed E-state index contributed by atoms with van der Waals surface area (Å²) in [5, 5.41) is 9.62. The van der Waals surface area contributed by atoms with E-state index >= 15 is 0 Å². The Bertz CT molecular complexity index is 784. The Morgan fingerprint density at radius 3 is 2.40 bits per heavy atom. The van der Waals surface area contributed by atoms with Gasteiger partial charge in [0.15, 0.2) is 0 Å². The van der Waals surface area contributed by atoms with Crippen LogP contribution in [0.4, 0.5) is 0 Å². The summed E-state index contributed by atoms with van der Waals surface area (Å²) in [7, 11) is 0. The van der Waals surface area contributed by atoms with Crippen LogP contribution in [0.3, 0.4) is 0 Å². The largest absolute Gasteiger partial charge is 0.489 e. The molecule has 0 aromatic heterocycles. The van der Waals surface area contributed by atoms with Gasteiger partial charge < -0.3 is 14.7 Å². The molecule has 0 atom stereocenters. The Morgan fingerprint density at radius 2 is 1.72 bits per heavy atom. The summed E-state index contributed by atoms with van der Waals surface area (Å²) >= 11 is 6.11. The molecule has 130 valence electrons. The number of carboxylic acid groups (broad SMARTS) is 1. The molecule has 5 nitrogen and oxygen atoms in total. The van der Waals surface area contributed by atoms with Gasteiger partial charge >= 0.3 is 5.97 Å². The average molecular weight is 360 g/mol. The van der Waals surface area contributed by atoms with Gasteiger partial charge in [0, 0.05) is 31.5 Å². The van der Waals surface area contributed by atoms with E-state index in [-0.39, 0.29) is 17.6 Å². The highest BCUT2D eigenvalue weighted by Gasteiger charge is 2.25. The zero-order valence-corrected chi connectivity index (χ0v) is 14.3. The maximum absolute atomic E-state index is 12.6. The highest BCUT2D eigenvalue weighted by atomic mass is 35.5. The van der Waals surface area contributed by atoms with Gasteiger partial charge in [0.2, 0.25) is 0 Å². The minimum atomic E-state index is -1.04. The van der Waals surface area contributed by atoms with Crippen LogP contribution in [-0.4, -0.2) is 41.1 Å². The van der Waals surface area contributed by atoms with Crippen LogP contribution in [0.1, 0.15) is 33.6 Å². The maximum atomic E-state index is 12.6. The third kappa shape index (κ3) is 4.12. The second-order valence-corrected chi connectivity index (χ2v) is 6.33. The fraction of sp³-hybridized carbons (Fsp3) is 0.263. The first-order valence-electron chi connectivity index (χ1n) is 8.08. The number of carboxylic acids is 1. The first-order valence-corrected chi connectivity index (χ1v) is 8.46. The third-order valence-electron chi connectivity index (χ3n) is 4.22. The van der Waals surface area contributed by atoms with Gasteiger partial charge in [-0.25, -0.2) is 4.79 Å². The molecule has 1 saturated heterocycles. The summed E-state index contributed by atoms with van der Waals surface area (Å²) < 4.78 is 5.92. The van der Waals surface area contributed by atoms with Crippen LogP contribution in [0.2, 0.25) is 5.02 Å². The summed E-state index contributed by atoms with van der Waals surface area (Å²) in [6.45, 7) is 1.12. The number of benzene rings is 2. The summed E-state index contributed by atoms with van der Waals surface area (Å²) in [4.78, 5) is 25.3. The molecule has 0 unspecified atom stereocenters. The number of rotatable bonds is 4. The van der Waals surface area contributed by atoms with Gasteiger partial charge in [-0.15, -0.1) is 0 Å². The summed E-state index contributed by atoms with van der Waals surface area (Å²) in [6.07, 6.45) is 1.42. The fourth-order valence-electron chi connectivity index (χ4n) is 2.86. The molecule has 1 aliphatic heterocycles. The normalized spacial score (nSPS) is 15.0. The lowest BCUT2D eigenvalue weighted by molar-refractivity contribution is 0.0595. The van der Waals surface area contributed by atoms with Crippen LogP contribution in [-0.2, 0) is 0 Å². The number of ether oxygens (including phenoxy) is 1. The number of carbonyl (C=O) groups excluding carboxylic acids is 1. The van der Waals surface area contributed by atoms with Crippen molar-refractivity contribution in [1.29, 1.82) is 0 Å². The van der Waals surface area contributed by atoms with E-state index in [1.54, 1.807) is 23.1 Å². The number of aromatic carboxylic acids is 1. The molecule has 1 fully saturated rings. The van der Waals surface area contributed by atoms with Gasteiger partial charge in [0.1, 0.15) is 11.9 Å². The van der Waals surface area contributed by atoms with Crippen molar-refractivity contribution in [2.45, 2.75) is 18.9 Å². The smallest absolute Gasteiger partial charge is 0.335 e. The molecule has 1 aliphatic rings. The van der Waals surface area contributed by atoms with Gasteiger partial charge in [0.05, 0.1) is 10.6 Å². The standard InChI is InChI=1S/C19H18ClNO4/c20-16-6-1-2-7-17(16)25-15-8-10-21(11-9-15)18(22)13-4-3-5-14(12-13)19(23)24/h1-7,12,15H,8-11H2,(H,23,24). The Balaban J connectivity index is 1.60. The van der Waals surface area contributed by atoms with E-state index in [4.69, 9.17) is 21.4 Å². The van der Waals surface area contributed by atoms with Gasteiger partial charge in [-0.05, 0) is 30.3 Å². The van der Waals surface area contributed by atoms with Crippen LogP contribution < -0.4 is 4.74 Å². The van der Waals surface area contributed by atoms with Crippen molar-refractivity contribution in [2.75, 3.05) is 13.1 Å². The van der Waals surface area contributed by atoms with Crippen molar-refractivity contribution in [1.82, 2.24) is 4.90 Å². The predicted molar refractivity (Wildman–Crippen MR) is 94.4 cm³/mol. The molecule has 1 N–H and O–H groups in total. The molecule has 0 bridgehead atoms. The minimum Gasteiger partial charge on any atom is -0.489 e. The van der Waals surface area contributed by atoms with E-state index in [9.17, 15) is 9.59 Å². The highest BCUT2D eigenvalue weighted by molar-refractivity contribution is 6.32. The summed E-state index contributed by atoms with van der Waals surface area (Å²) in [5.74, 6) is -0.538. The number of likely N-dealkylation sites (tertiary alicyclic amines) is 1. The quantitative estimate of drug-likeness (QED) is 0.903. The monoisotopic (exact) mass is 359 g/mol. The number of halogens is 1. The number of carbonyl (C=O) groups is 2. The Morgan fingerprint density at radius 1 is 1.04 bits per heavy atom. The van der Waals surface area contributed by atoms with Crippen LogP contribution in [0.5, 0.6) is 5.75 Å². The highest BCUT2D eigenvalue weighted by Crippen LogP contribution is 2.27. The molecule has 0 spiro atoms. The molecule has 0 saturated carbocycles. The third-order valence-corrected chi connectivity index (χ3v) is 4.53.